The number of likely N-dealkylation sites (N-methyl/N-ethyl adjacent to an activating group) is 1. The molecular formula is C12H19N3O3. The largest absolute Gasteiger partial charge is 0.478 e. The molecule has 1 aromatic heterocycles. The zero-order valence-electron chi connectivity index (χ0n) is 11.0. The molecule has 0 aliphatic rings. The normalized spacial score (nSPS) is 9.94. The van der Waals surface area contributed by atoms with Gasteiger partial charge in [-0.3, -0.25) is 4.79 Å². The molecule has 0 bridgehead atoms. The van der Waals surface area contributed by atoms with Gasteiger partial charge in [-0.05, 0) is 20.8 Å². The number of anilines is 1. The van der Waals surface area contributed by atoms with Gasteiger partial charge in [-0.15, -0.1) is 0 Å². The molecule has 6 nitrogen and oxygen atoms in total. The third-order valence-corrected chi connectivity index (χ3v) is 2.25. The highest BCUT2D eigenvalue weighted by Crippen LogP contribution is 2.15. The van der Waals surface area contributed by atoms with Crippen molar-refractivity contribution < 1.29 is 14.3 Å². The lowest BCUT2D eigenvalue weighted by Crippen LogP contribution is -2.31. The molecule has 0 aliphatic heterocycles. The first-order valence-corrected chi connectivity index (χ1v) is 6.06. The monoisotopic (exact) mass is 253 g/mol. The number of rotatable bonds is 7. The van der Waals surface area contributed by atoms with Gasteiger partial charge in [0.25, 0.3) is 0 Å². The Kier molecular flexibility index (Phi) is 5.90. The van der Waals surface area contributed by atoms with E-state index in [0.29, 0.717) is 31.5 Å². The zero-order chi connectivity index (χ0) is 13.4. The van der Waals surface area contributed by atoms with Crippen LogP contribution in [-0.4, -0.2) is 42.2 Å². The molecule has 0 radical (unpaired) electrons. The predicted octanol–water partition coefficient (Wildman–Crippen LogP) is 1.26. The fourth-order valence-electron chi connectivity index (χ4n) is 1.45. The number of carbonyl (C=O) groups is 1. The molecule has 0 atom stereocenters. The second kappa shape index (κ2) is 7.47. The van der Waals surface area contributed by atoms with Crippen LogP contribution in [0.15, 0.2) is 12.4 Å². The van der Waals surface area contributed by atoms with Gasteiger partial charge in [0, 0.05) is 12.6 Å². The van der Waals surface area contributed by atoms with Gasteiger partial charge in [0.2, 0.25) is 5.88 Å². The van der Waals surface area contributed by atoms with E-state index in [2.05, 4.69) is 9.97 Å². The van der Waals surface area contributed by atoms with Crippen molar-refractivity contribution in [1.29, 1.82) is 0 Å². The fraction of sp³-hybridized carbons (Fsp3) is 0.583. The summed E-state index contributed by atoms with van der Waals surface area (Å²) in [7, 11) is 0. The summed E-state index contributed by atoms with van der Waals surface area (Å²) in [6.45, 7) is 7.37. The van der Waals surface area contributed by atoms with Crippen molar-refractivity contribution in [2.45, 2.75) is 20.8 Å². The van der Waals surface area contributed by atoms with Crippen LogP contribution in [-0.2, 0) is 9.53 Å². The van der Waals surface area contributed by atoms with E-state index >= 15 is 0 Å². The molecular weight excluding hydrogens is 234 g/mol. The lowest BCUT2D eigenvalue weighted by Gasteiger charge is -2.20. The summed E-state index contributed by atoms with van der Waals surface area (Å²) >= 11 is 0. The summed E-state index contributed by atoms with van der Waals surface area (Å²) in [4.78, 5) is 21.4. The lowest BCUT2D eigenvalue weighted by atomic mass is 10.4. The summed E-state index contributed by atoms with van der Waals surface area (Å²) in [6, 6.07) is 1.71. The summed E-state index contributed by atoms with van der Waals surface area (Å²) in [6.07, 6.45) is 1.42. The van der Waals surface area contributed by atoms with Gasteiger partial charge in [0.05, 0.1) is 13.2 Å². The Bertz CT molecular complexity index is 385. The number of esters is 1. The molecule has 100 valence electrons. The average molecular weight is 253 g/mol. The van der Waals surface area contributed by atoms with Crippen molar-refractivity contribution in [3.8, 4) is 5.88 Å². The maximum Gasteiger partial charge on any atom is 0.325 e. The maximum absolute atomic E-state index is 11.5. The summed E-state index contributed by atoms with van der Waals surface area (Å²) in [5, 5.41) is 0. The van der Waals surface area contributed by atoms with Gasteiger partial charge in [-0.25, -0.2) is 9.97 Å². The first kappa shape index (κ1) is 14.2. The van der Waals surface area contributed by atoms with Crippen LogP contribution in [0.1, 0.15) is 20.8 Å². The fourth-order valence-corrected chi connectivity index (χ4v) is 1.45. The number of hydrogen-bond donors (Lipinski definition) is 0. The topological polar surface area (TPSA) is 64.5 Å². The Morgan fingerprint density at radius 3 is 2.67 bits per heavy atom. The van der Waals surface area contributed by atoms with Crippen molar-refractivity contribution in [2.75, 3.05) is 31.2 Å². The van der Waals surface area contributed by atoms with Gasteiger partial charge in [0.15, 0.2) is 0 Å². The lowest BCUT2D eigenvalue weighted by molar-refractivity contribution is -0.141. The minimum absolute atomic E-state index is 0.174. The quantitative estimate of drug-likeness (QED) is 0.682. The van der Waals surface area contributed by atoms with Crippen LogP contribution in [0.25, 0.3) is 0 Å². The zero-order valence-corrected chi connectivity index (χ0v) is 11.0. The van der Waals surface area contributed by atoms with Crippen LogP contribution in [0, 0.1) is 0 Å². The third-order valence-electron chi connectivity index (χ3n) is 2.25. The van der Waals surface area contributed by atoms with E-state index in [0.717, 1.165) is 0 Å². The SMILES string of the molecule is CCOC(=O)CN(CC)c1cc(OCC)ncn1. The highest BCUT2D eigenvalue weighted by atomic mass is 16.5. The van der Waals surface area contributed by atoms with Gasteiger partial charge in [-0.2, -0.15) is 0 Å². The first-order valence-electron chi connectivity index (χ1n) is 6.06. The predicted molar refractivity (Wildman–Crippen MR) is 67.7 cm³/mol. The van der Waals surface area contributed by atoms with Gasteiger partial charge >= 0.3 is 5.97 Å². The molecule has 0 fully saturated rings. The van der Waals surface area contributed by atoms with E-state index < -0.39 is 0 Å². The van der Waals surface area contributed by atoms with Crippen LogP contribution in [0.3, 0.4) is 0 Å². The molecule has 1 heterocycles. The number of hydrogen-bond acceptors (Lipinski definition) is 6. The van der Waals surface area contributed by atoms with E-state index in [1.165, 1.54) is 6.33 Å². The number of carbonyl (C=O) groups excluding carboxylic acids is 1. The third kappa shape index (κ3) is 4.20. The van der Waals surface area contributed by atoms with Crippen LogP contribution >= 0.6 is 0 Å². The van der Waals surface area contributed by atoms with Crippen LogP contribution in [0.4, 0.5) is 5.82 Å². The molecule has 1 aromatic rings. The smallest absolute Gasteiger partial charge is 0.325 e. The molecule has 0 aromatic carbocycles. The second-order valence-electron chi connectivity index (χ2n) is 3.47. The van der Waals surface area contributed by atoms with Gasteiger partial charge < -0.3 is 14.4 Å². The van der Waals surface area contributed by atoms with Crippen molar-refractivity contribution in [3.05, 3.63) is 12.4 Å². The van der Waals surface area contributed by atoms with Crippen molar-refractivity contribution >= 4 is 11.8 Å². The molecule has 18 heavy (non-hydrogen) atoms. The van der Waals surface area contributed by atoms with Crippen LogP contribution < -0.4 is 9.64 Å². The van der Waals surface area contributed by atoms with Crippen molar-refractivity contribution in [2.24, 2.45) is 0 Å². The highest BCUT2D eigenvalue weighted by Gasteiger charge is 2.12. The van der Waals surface area contributed by atoms with Gasteiger partial charge in [0.1, 0.15) is 18.7 Å². The van der Waals surface area contributed by atoms with E-state index in [9.17, 15) is 4.79 Å². The van der Waals surface area contributed by atoms with Crippen molar-refractivity contribution in [1.82, 2.24) is 9.97 Å². The molecule has 0 saturated carbocycles. The van der Waals surface area contributed by atoms with Crippen molar-refractivity contribution in [3.63, 3.8) is 0 Å². The van der Waals surface area contributed by atoms with Gasteiger partial charge in [-0.1, -0.05) is 0 Å². The van der Waals surface area contributed by atoms with E-state index in [1.54, 1.807) is 13.0 Å². The number of ether oxygens (including phenoxy) is 2. The Balaban J connectivity index is 2.74. The molecule has 0 unspecified atom stereocenters. The first-order chi connectivity index (χ1) is 8.71. The highest BCUT2D eigenvalue weighted by molar-refractivity contribution is 5.75. The summed E-state index contributed by atoms with van der Waals surface area (Å²) in [5.74, 6) is 0.893. The number of aromatic nitrogens is 2. The Morgan fingerprint density at radius 2 is 2.06 bits per heavy atom. The molecule has 0 amide bonds. The molecule has 0 saturated heterocycles. The summed E-state index contributed by atoms with van der Waals surface area (Å²) < 4.78 is 10.2. The Labute approximate surface area is 107 Å². The van der Waals surface area contributed by atoms with Crippen LogP contribution in [0.2, 0.25) is 0 Å². The molecule has 0 aliphatic carbocycles. The Hall–Kier alpha value is -1.85. The standard InChI is InChI=1S/C12H19N3O3/c1-4-15(8-12(16)18-6-3)10-7-11(17-5-2)14-9-13-10/h7,9H,4-6,8H2,1-3H3. The minimum Gasteiger partial charge on any atom is -0.478 e. The van der Waals surface area contributed by atoms with Crippen LogP contribution in [0.5, 0.6) is 5.88 Å². The van der Waals surface area contributed by atoms with E-state index in [1.807, 2.05) is 18.7 Å². The van der Waals surface area contributed by atoms with E-state index in [4.69, 9.17) is 9.47 Å². The minimum atomic E-state index is -0.268. The molecule has 1 rings (SSSR count). The maximum atomic E-state index is 11.5. The second-order valence-corrected chi connectivity index (χ2v) is 3.47. The number of nitrogens with zero attached hydrogens (tertiary/aromatic N) is 3. The summed E-state index contributed by atoms with van der Waals surface area (Å²) in [5.41, 5.74) is 0. The Morgan fingerprint density at radius 1 is 1.28 bits per heavy atom. The molecule has 0 spiro atoms. The average Bonchev–Trinajstić information content (AvgIpc) is 2.37. The molecule has 6 heteroatoms. The van der Waals surface area contributed by atoms with E-state index in [-0.39, 0.29) is 12.5 Å². The molecule has 0 N–H and O–H groups in total.